The second kappa shape index (κ2) is 4.61. The maximum atomic E-state index is 11.4. The number of anilines is 2. The summed E-state index contributed by atoms with van der Waals surface area (Å²) in [6, 6.07) is -0.335. The van der Waals surface area contributed by atoms with E-state index in [4.69, 9.17) is 5.73 Å². The van der Waals surface area contributed by atoms with Crippen LogP contribution in [-0.2, 0) is 9.84 Å². The highest BCUT2D eigenvalue weighted by atomic mass is 32.2. The van der Waals surface area contributed by atoms with Gasteiger partial charge in [0.15, 0.2) is 9.84 Å². The predicted molar refractivity (Wildman–Crippen MR) is 68.6 cm³/mol. The third-order valence-electron chi connectivity index (χ3n) is 3.06. The summed E-state index contributed by atoms with van der Waals surface area (Å²) in [6.45, 7) is 0. The third-order valence-corrected chi connectivity index (χ3v) is 4.81. The van der Waals surface area contributed by atoms with E-state index in [9.17, 15) is 18.5 Å². The van der Waals surface area contributed by atoms with Crippen LogP contribution in [0.4, 0.5) is 17.5 Å². The van der Waals surface area contributed by atoms with Crippen molar-refractivity contribution in [3.63, 3.8) is 0 Å². The molecule has 1 aliphatic rings. The number of nitrogens with two attached hydrogens (primary N) is 1. The lowest BCUT2D eigenvalue weighted by Crippen LogP contribution is -2.33. The van der Waals surface area contributed by atoms with Crippen molar-refractivity contribution >= 4 is 27.3 Å². The average molecular weight is 287 g/mol. The number of sulfone groups is 1. The summed E-state index contributed by atoms with van der Waals surface area (Å²) in [7, 11) is -1.51. The molecule has 104 valence electrons. The van der Waals surface area contributed by atoms with Crippen molar-refractivity contribution < 1.29 is 13.3 Å². The fraction of sp³-hybridized carbons (Fsp3) is 0.556. The zero-order chi connectivity index (χ0) is 14.2. The molecular formula is C9H13N5O4S. The lowest BCUT2D eigenvalue weighted by molar-refractivity contribution is -0.384. The number of nitrogen functional groups attached to an aromatic ring is 1. The van der Waals surface area contributed by atoms with Gasteiger partial charge in [0, 0.05) is 13.1 Å². The van der Waals surface area contributed by atoms with Gasteiger partial charge in [0.2, 0.25) is 11.8 Å². The molecule has 2 rings (SSSR count). The molecule has 1 aromatic rings. The molecular weight excluding hydrogens is 274 g/mol. The molecule has 2 heterocycles. The SMILES string of the molecule is CN(c1nc(N)ncc1[N+](=O)[O-])C1CCS(=O)(=O)C1. The van der Waals surface area contributed by atoms with Crippen LogP contribution in [0.3, 0.4) is 0 Å². The van der Waals surface area contributed by atoms with Gasteiger partial charge in [0.25, 0.3) is 0 Å². The Morgan fingerprint density at radius 3 is 2.79 bits per heavy atom. The third kappa shape index (κ3) is 2.72. The van der Waals surface area contributed by atoms with Crippen LogP contribution in [0.2, 0.25) is 0 Å². The first kappa shape index (κ1) is 13.5. The van der Waals surface area contributed by atoms with Crippen LogP contribution in [-0.4, -0.2) is 47.9 Å². The Morgan fingerprint density at radius 1 is 1.58 bits per heavy atom. The van der Waals surface area contributed by atoms with E-state index in [2.05, 4.69) is 9.97 Å². The number of nitro groups is 1. The summed E-state index contributed by atoms with van der Waals surface area (Å²) in [6.07, 6.45) is 1.44. The number of hydrogen-bond acceptors (Lipinski definition) is 8. The molecule has 1 aliphatic heterocycles. The normalized spacial score (nSPS) is 21.2. The van der Waals surface area contributed by atoms with Crippen molar-refractivity contribution in [3.8, 4) is 0 Å². The van der Waals surface area contributed by atoms with Crippen LogP contribution in [0.1, 0.15) is 6.42 Å². The first-order chi connectivity index (χ1) is 8.80. The highest BCUT2D eigenvalue weighted by molar-refractivity contribution is 7.91. The molecule has 0 aromatic carbocycles. The lowest BCUT2D eigenvalue weighted by Gasteiger charge is -2.23. The minimum absolute atomic E-state index is 0.0371. The quantitative estimate of drug-likeness (QED) is 0.586. The first-order valence-corrected chi connectivity index (χ1v) is 7.32. The monoisotopic (exact) mass is 287 g/mol. The molecule has 1 atom stereocenters. The van der Waals surface area contributed by atoms with E-state index in [0.717, 1.165) is 6.20 Å². The van der Waals surface area contributed by atoms with Crippen LogP contribution in [0.5, 0.6) is 0 Å². The van der Waals surface area contributed by atoms with Gasteiger partial charge in [-0.25, -0.2) is 13.4 Å². The Labute approximate surface area is 109 Å². The summed E-state index contributed by atoms with van der Waals surface area (Å²) in [5, 5.41) is 10.9. The van der Waals surface area contributed by atoms with Gasteiger partial charge >= 0.3 is 5.69 Å². The van der Waals surface area contributed by atoms with E-state index in [-0.39, 0.29) is 35.0 Å². The van der Waals surface area contributed by atoms with Crippen molar-refractivity contribution in [2.45, 2.75) is 12.5 Å². The van der Waals surface area contributed by atoms with Gasteiger partial charge in [-0.05, 0) is 6.42 Å². The Morgan fingerprint density at radius 2 is 2.26 bits per heavy atom. The Hall–Kier alpha value is -1.97. The van der Waals surface area contributed by atoms with Gasteiger partial charge in [-0.1, -0.05) is 0 Å². The van der Waals surface area contributed by atoms with Crippen LogP contribution in [0.25, 0.3) is 0 Å². The van der Waals surface area contributed by atoms with Crippen molar-refractivity contribution in [2.75, 3.05) is 29.2 Å². The van der Waals surface area contributed by atoms with Crippen LogP contribution >= 0.6 is 0 Å². The number of nitrogens with zero attached hydrogens (tertiary/aromatic N) is 4. The lowest BCUT2D eigenvalue weighted by atomic mass is 10.2. The minimum atomic E-state index is -3.08. The van der Waals surface area contributed by atoms with E-state index in [1.807, 2.05) is 0 Å². The van der Waals surface area contributed by atoms with Gasteiger partial charge in [-0.3, -0.25) is 10.1 Å². The molecule has 19 heavy (non-hydrogen) atoms. The van der Waals surface area contributed by atoms with Gasteiger partial charge in [-0.15, -0.1) is 0 Å². The van der Waals surface area contributed by atoms with Gasteiger partial charge < -0.3 is 10.6 Å². The van der Waals surface area contributed by atoms with Crippen LogP contribution in [0.15, 0.2) is 6.20 Å². The Kier molecular flexibility index (Phi) is 3.27. The van der Waals surface area contributed by atoms with E-state index >= 15 is 0 Å². The molecule has 0 saturated carbocycles. The average Bonchev–Trinajstić information content (AvgIpc) is 2.68. The molecule has 1 fully saturated rings. The summed E-state index contributed by atoms with van der Waals surface area (Å²) in [5.74, 6) is -0.00565. The molecule has 2 N–H and O–H groups in total. The van der Waals surface area contributed by atoms with Crippen molar-refractivity contribution in [3.05, 3.63) is 16.3 Å². The standard InChI is InChI=1S/C9H13N5O4S/c1-13(6-2-3-19(17,18)5-6)8-7(14(15)16)4-11-9(10)12-8/h4,6H,2-3,5H2,1H3,(H2,10,11,12). The molecule has 0 amide bonds. The molecule has 0 spiro atoms. The van der Waals surface area contributed by atoms with E-state index in [1.165, 1.54) is 4.90 Å². The fourth-order valence-corrected chi connectivity index (χ4v) is 3.80. The number of hydrogen-bond donors (Lipinski definition) is 1. The summed E-state index contributed by atoms with van der Waals surface area (Å²) < 4.78 is 22.9. The van der Waals surface area contributed by atoms with Crippen molar-refractivity contribution in [1.29, 1.82) is 0 Å². The summed E-state index contributed by atoms with van der Waals surface area (Å²) >= 11 is 0. The van der Waals surface area contributed by atoms with Gasteiger partial charge in [-0.2, -0.15) is 4.98 Å². The Balaban J connectivity index is 2.36. The zero-order valence-electron chi connectivity index (χ0n) is 10.2. The molecule has 0 aliphatic carbocycles. The van der Waals surface area contributed by atoms with Crippen molar-refractivity contribution in [2.24, 2.45) is 0 Å². The molecule has 1 saturated heterocycles. The number of rotatable bonds is 3. The van der Waals surface area contributed by atoms with Crippen LogP contribution in [0, 0.1) is 10.1 Å². The second-order valence-electron chi connectivity index (χ2n) is 4.36. The van der Waals surface area contributed by atoms with Gasteiger partial charge in [0.1, 0.15) is 6.20 Å². The van der Waals surface area contributed by atoms with Gasteiger partial charge in [0.05, 0.1) is 16.4 Å². The summed E-state index contributed by atoms with van der Waals surface area (Å²) in [5.41, 5.74) is 5.14. The molecule has 0 radical (unpaired) electrons. The molecule has 1 aromatic heterocycles. The first-order valence-electron chi connectivity index (χ1n) is 5.50. The maximum Gasteiger partial charge on any atom is 0.329 e. The topological polar surface area (TPSA) is 132 Å². The van der Waals surface area contributed by atoms with E-state index < -0.39 is 14.8 Å². The summed E-state index contributed by atoms with van der Waals surface area (Å²) in [4.78, 5) is 19.2. The van der Waals surface area contributed by atoms with E-state index in [1.54, 1.807) is 7.05 Å². The molecule has 10 heteroatoms. The largest absolute Gasteiger partial charge is 0.368 e. The minimum Gasteiger partial charge on any atom is -0.368 e. The van der Waals surface area contributed by atoms with Crippen LogP contribution < -0.4 is 10.6 Å². The second-order valence-corrected chi connectivity index (χ2v) is 6.59. The smallest absolute Gasteiger partial charge is 0.329 e. The molecule has 1 unspecified atom stereocenters. The number of aromatic nitrogens is 2. The molecule has 9 nitrogen and oxygen atoms in total. The fourth-order valence-electron chi connectivity index (χ4n) is 2.02. The highest BCUT2D eigenvalue weighted by Gasteiger charge is 2.34. The van der Waals surface area contributed by atoms with E-state index in [0.29, 0.717) is 6.42 Å². The van der Waals surface area contributed by atoms with Crippen molar-refractivity contribution in [1.82, 2.24) is 9.97 Å². The molecule has 0 bridgehead atoms. The maximum absolute atomic E-state index is 11.4. The zero-order valence-corrected chi connectivity index (χ0v) is 11.0. The highest BCUT2D eigenvalue weighted by Crippen LogP contribution is 2.29. The Bertz CT molecular complexity index is 617. The predicted octanol–water partition coefficient (Wildman–Crippen LogP) is -0.410.